The number of rotatable bonds is 3. The van der Waals surface area contributed by atoms with Crippen LogP contribution in [0, 0.1) is 5.82 Å². The van der Waals surface area contributed by atoms with E-state index in [0.29, 0.717) is 5.69 Å². The molecule has 4 heteroatoms. The van der Waals surface area contributed by atoms with Crippen molar-refractivity contribution in [2.24, 2.45) is 0 Å². The van der Waals surface area contributed by atoms with Crippen molar-refractivity contribution < 1.29 is 13.9 Å². The summed E-state index contributed by atoms with van der Waals surface area (Å²) in [6.07, 6.45) is 1.16. The summed E-state index contributed by atoms with van der Waals surface area (Å²) in [5, 5.41) is 0. The van der Waals surface area contributed by atoms with Gasteiger partial charge < -0.3 is 9.64 Å². The number of methoxy groups -OCH3 is 1. The molecule has 0 spiro atoms. The number of nitrogens with zero attached hydrogens (tertiary/aromatic N) is 1. The fraction of sp³-hybridized carbons (Fsp3) is 0.182. The van der Waals surface area contributed by atoms with Gasteiger partial charge in [0.15, 0.2) is 11.6 Å². The van der Waals surface area contributed by atoms with Crippen LogP contribution in [0.5, 0.6) is 5.75 Å². The van der Waals surface area contributed by atoms with E-state index < -0.39 is 5.82 Å². The largest absolute Gasteiger partial charge is 0.492 e. The van der Waals surface area contributed by atoms with Gasteiger partial charge in [-0.15, -0.1) is 0 Å². The molecule has 0 fully saturated rings. The third kappa shape index (κ3) is 2.15. The van der Waals surface area contributed by atoms with E-state index in [-0.39, 0.29) is 11.7 Å². The molecule has 0 unspecified atom stereocenters. The quantitative estimate of drug-likeness (QED) is 0.712. The van der Waals surface area contributed by atoms with Gasteiger partial charge in [0.25, 0.3) is 0 Å². The van der Waals surface area contributed by atoms with Crippen LogP contribution >= 0.6 is 0 Å². The fourth-order valence-electron chi connectivity index (χ4n) is 1.22. The number of hydrogen-bond donors (Lipinski definition) is 0. The van der Waals surface area contributed by atoms with Crippen molar-refractivity contribution in [3.63, 3.8) is 0 Å². The molecule has 1 aromatic rings. The highest BCUT2D eigenvalue weighted by Gasteiger charge is 2.15. The summed E-state index contributed by atoms with van der Waals surface area (Å²) >= 11 is 0. The van der Waals surface area contributed by atoms with E-state index in [1.165, 1.54) is 31.2 Å². The van der Waals surface area contributed by atoms with Crippen molar-refractivity contribution >= 4 is 11.6 Å². The van der Waals surface area contributed by atoms with E-state index in [4.69, 9.17) is 4.74 Å². The monoisotopic (exact) mass is 209 g/mol. The van der Waals surface area contributed by atoms with Gasteiger partial charge in [-0.25, -0.2) is 4.39 Å². The van der Waals surface area contributed by atoms with Crippen LogP contribution < -0.4 is 9.64 Å². The molecular weight excluding hydrogens is 197 g/mol. The van der Waals surface area contributed by atoms with Gasteiger partial charge in [0.2, 0.25) is 5.91 Å². The minimum Gasteiger partial charge on any atom is -0.492 e. The van der Waals surface area contributed by atoms with Crippen LogP contribution in [0.15, 0.2) is 30.9 Å². The zero-order chi connectivity index (χ0) is 11.4. The number of ether oxygens (including phenoxy) is 1. The minimum atomic E-state index is -0.501. The Morgan fingerprint density at radius 2 is 2.27 bits per heavy atom. The molecule has 0 bridgehead atoms. The molecule has 0 aliphatic heterocycles. The Bertz CT molecular complexity index is 390. The summed E-state index contributed by atoms with van der Waals surface area (Å²) in [5.41, 5.74) is 0.377. The molecule has 0 atom stereocenters. The highest BCUT2D eigenvalue weighted by molar-refractivity contribution is 6.01. The Balaban J connectivity index is 3.18. The number of likely N-dealkylation sites (N-methyl/N-ethyl adjacent to an activating group) is 1. The maximum absolute atomic E-state index is 13.3. The van der Waals surface area contributed by atoms with Crippen molar-refractivity contribution in [3.8, 4) is 5.75 Å². The first-order chi connectivity index (χ1) is 7.11. The lowest BCUT2D eigenvalue weighted by Gasteiger charge is -2.18. The molecule has 0 N–H and O–H groups in total. The first-order valence-electron chi connectivity index (χ1n) is 4.34. The summed E-state index contributed by atoms with van der Waals surface area (Å²) in [6.45, 7) is 3.36. The molecule has 0 saturated heterocycles. The maximum atomic E-state index is 13.3. The Kier molecular flexibility index (Phi) is 3.44. The van der Waals surface area contributed by atoms with E-state index in [1.807, 2.05) is 0 Å². The number of hydrogen-bond acceptors (Lipinski definition) is 2. The second-order valence-corrected chi connectivity index (χ2v) is 2.89. The van der Waals surface area contributed by atoms with Gasteiger partial charge in [0.05, 0.1) is 12.8 Å². The summed E-state index contributed by atoms with van der Waals surface area (Å²) < 4.78 is 18.2. The molecule has 15 heavy (non-hydrogen) atoms. The SMILES string of the molecule is C=CC(=O)N(C)c1cccc(F)c1OC. The molecule has 0 aromatic heterocycles. The van der Waals surface area contributed by atoms with Gasteiger partial charge >= 0.3 is 0 Å². The molecular formula is C11H12FNO2. The topological polar surface area (TPSA) is 29.5 Å². The van der Waals surface area contributed by atoms with E-state index in [9.17, 15) is 9.18 Å². The predicted octanol–water partition coefficient (Wildman–Crippen LogP) is 1.98. The number of anilines is 1. The van der Waals surface area contributed by atoms with Gasteiger partial charge in [0, 0.05) is 7.05 Å². The van der Waals surface area contributed by atoms with Crippen molar-refractivity contribution in [1.82, 2.24) is 0 Å². The molecule has 0 aliphatic rings. The zero-order valence-corrected chi connectivity index (χ0v) is 8.66. The molecule has 0 aliphatic carbocycles. The van der Waals surface area contributed by atoms with Gasteiger partial charge in [-0.2, -0.15) is 0 Å². The highest BCUT2D eigenvalue weighted by Crippen LogP contribution is 2.30. The second-order valence-electron chi connectivity index (χ2n) is 2.89. The minimum absolute atomic E-state index is 0.0511. The maximum Gasteiger partial charge on any atom is 0.250 e. The lowest BCUT2D eigenvalue weighted by molar-refractivity contribution is -0.113. The normalized spacial score (nSPS) is 9.53. The second kappa shape index (κ2) is 4.59. The number of carbonyl (C=O) groups excluding carboxylic acids is 1. The molecule has 1 rings (SSSR count). The van der Waals surface area contributed by atoms with Crippen molar-refractivity contribution in [2.75, 3.05) is 19.1 Å². The van der Waals surface area contributed by atoms with Crippen LogP contribution in [0.3, 0.4) is 0 Å². The van der Waals surface area contributed by atoms with Crippen LogP contribution in [0.4, 0.5) is 10.1 Å². The van der Waals surface area contributed by atoms with E-state index in [1.54, 1.807) is 6.07 Å². The van der Waals surface area contributed by atoms with E-state index >= 15 is 0 Å². The van der Waals surface area contributed by atoms with Gasteiger partial charge in [-0.1, -0.05) is 12.6 Å². The van der Waals surface area contributed by atoms with Crippen LogP contribution in [0.2, 0.25) is 0 Å². The van der Waals surface area contributed by atoms with Crippen LogP contribution in [0.1, 0.15) is 0 Å². The molecule has 1 amide bonds. The summed E-state index contributed by atoms with van der Waals surface area (Å²) in [7, 11) is 2.88. The smallest absolute Gasteiger partial charge is 0.250 e. The standard InChI is InChI=1S/C11H12FNO2/c1-4-10(14)13(2)9-7-5-6-8(12)11(9)15-3/h4-7H,1H2,2-3H3. The number of amides is 1. The number of para-hydroxylation sites is 1. The molecule has 3 nitrogen and oxygen atoms in total. The van der Waals surface area contributed by atoms with E-state index in [2.05, 4.69) is 6.58 Å². The van der Waals surface area contributed by atoms with Gasteiger partial charge in [-0.05, 0) is 18.2 Å². The average molecular weight is 209 g/mol. The van der Waals surface area contributed by atoms with Crippen molar-refractivity contribution in [3.05, 3.63) is 36.7 Å². The zero-order valence-electron chi connectivity index (χ0n) is 8.66. The third-order valence-electron chi connectivity index (χ3n) is 2.02. The molecule has 80 valence electrons. The van der Waals surface area contributed by atoms with E-state index in [0.717, 1.165) is 6.08 Å². The first kappa shape index (κ1) is 11.2. The Morgan fingerprint density at radius 3 is 2.80 bits per heavy atom. The first-order valence-corrected chi connectivity index (χ1v) is 4.34. The van der Waals surface area contributed by atoms with Crippen LogP contribution in [-0.4, -0.2) is 20.1 Å². The molecule has 0 saturated carbocycles. The molecule has 1 aromatic carbocycles. The molecule has 0 heterocycles. The Labute approximate surface area is 87.8 Å². The summed E-state index contributed by atoms with van der Waals surface area (Å²) in [4.78, 5) is 12.6. The molecule has 0 radical (unpaired) electrons. The summed E-state index contributed by atoms with van der Waals surface area (Å²) in [6, 6.07) is 4.39. The van der Waals surface area contributed by atoms with Crippen molar-refractivity contribution in [1.29, 1.82) is 0 Å². The third-order valence-corrected chi connectivity index (χ3v) is 2.02. The highest BCUT2D eigenvalue weighted by atomic mass is 19.1. The van der Waals surface area contributed by atoms with Crippen LogP contribution in [0.25, 0.3) is 0 Å². The number of benzene rings is 1. The Morgan fingerprint density at radius 1 is 1.60 bits per heavy atom. The Hall–Kier alpha value is -1.84. The summed E-state index contributed by atoms with van der Waals surface area (Å²) in [5.74, 6) is -0.771. The lowest BCUT2D eigenvalue weighted by Crippen LogP contribution is -2.24. The van der Waals surface area contributed by atoms with Gasteiger partial charge in [-0.3, -0.25) is 4.79 Å². The van der Waals surface area contributed by atoms with Crippen LogP contribution in [-0.2, 0) is 4.79 Å². The van der Waals surface area contributed by atoms with Crippen molar-refractivity contribution in [2.45, 2.75) is 0 Å². The van der Waals surface area contributed by atoms with Gasteiger partial charge in [0.1, 0.15) is 0 Å². The lowest BCUT2D eigenvalue weighted by atomic mass is 10.2. The average Bonchev–Trinajstić information content (AvgIpc) is 2.26. The predicted molar refractivity (Wildman–Crippen MR) is 56.6 cm³/mol. The fourth-order valence-corrected chi connectivity index (χ4v) is 1.22. The number of carbonyl (C=O) groups is 1. The number of halogens is 1.